The van der Waals surface area contributed by atoms with Crippen LogP contribution in [0.25, 0.3) is 0 Å². The topological polar surface area (TPSA) is 88.4 Å². The Hall–Kier alpha value is -2.69. The van der Waals surface area contributed by atoms with Crippen LogP contribution in [0.5, 0.6) is 11.5 Å². The van der Waals surface area contributed by atoms with Crippen molar-refractivity contribution < 1.29 is 17.9 Å². The van der Waals surface area contributed by atoms with Crippen LogP contribution in [-0.2, 0) is 9.84 Å². The van der Waals surface area contributed by atoms with Crippen LogP contribution in [0.4, 0.5) is 5.69 Å². The highest BCUT2D eigenvalue weighted by atomic mass is 35.5. The lowest BCUT2D eigenvalue weighted by Crippen LogP contribution is -2.15. The SMILES string of the molecule is N#CC(=CNc1ccc2c(c1)OCCO2)S(=O)(=O)c1ccc(Cl)cc1. The minimum absolute atomic E-state index is 0.00586. The zero-order valence-electron chi connectivity index (χ0n) is 12.9. The molecule has 6 nitrogen and oxygen atoms in total. The summed E-state index contributed by atoms with van der Waals surface area (Å²) in [5, 5.41) is 12.5. The molecule has 0 spiro atoms. The summed E-state index contributed by atoms with van der Waals surface area (Å²) in [6, 6.07) is 12.4. The second-order valence-corrected chi connectivity index (χ2v) is 7.44. The number of nitrogens with one attached hydrogen (secondary N) is 1. The summed E-state index contributed by atoms with van der Waals surface area (Å²) in [7, 11) is -3.93. The molecule has 1 N–H and O–H groups in total. The lowest BCUT2D eigenvalue weighted by molar-refractivity contribution is 0.171. The second-order valence-electron chi connectivity index (χ2n) is 5.08. The smallest absolute Gasteiger partial charge is 0.218 e. The van der Waals surface area contributed by atoms with Gasteiger partial charge in [0, 0.05) is 23.0 Å². The summed E-state index contributed by atoms with van der Waals surface area (Å²) in [6.45, 7) is 0.929. The molecule has 8 heteroatoms. The van der Waals surface area contributed by atoms with E-state index in [1.807, 2.05) is 0 Å². The van der Waals surface area contributed by atoms with Gasteiger partial charge in [-0.25, -0.2) is 8.42 Å². The van der Waals surface area contributed by atoms with Crippen LogP contribution in [0.1, 0.15) is 0 Å². The number of sulfone groups is 1. The Kier molecular flexibility index (Phi) is 4.83. The summed E-state index contributed by atoms with van der Waals surface area (Å²) in [5.74, 6) is 1.18. The molecule has 0 amide bonds. The maximum atomic E-state index is 12.5. The third-order valence-electron chi connectivity index (χ3n) is 3.44. The Labute approximate surface area is 150 Å². The van der Waals surface area contributed by atoms with Gasteiger partial charge in [0.2, 0.25) is 9.84 Å². The van der Waals surface area contributed by atoms with E-state index >= 15 is 0 Å². The van der Waals surface area contributed by atoms with Gasteiger partial charge in [0.05, 0.1) is 4.90 Å². The van der Waals surface area contributed by atoms with Gasteiger partial charge in [-0.15, -0.1) is 0 Å². The number of hydrogen-bond donors (Lipinski definition) is 1. The monoisotopic (exact) mass is 376 g/mol. The van der Waals surface area contributed by atoms with Crippen LogP contribution >= 0.6 is 11.6 Å². The van der Waals surface area contributed by atoms with E-state index < -0.39 is 14.7 Å². The Balaban J connectivity index is 1.86. The van der Waals surface area contributed by atoms with Gasteiger partial charge < -0.3 is 14.8 Å². The van der Waals surface area contributed by atoms with Crippen molar-refractivity contribution in [2.24, 2.45) is 0 Å². The molecule has 3 rings (SSSR count). The molecule has 0 unspecified atom stereocenters. The number of fused-ring (bicyclic) bond motifs is 1. The number of hydrogen-bond acceptors (Lipinski definition) is 6. The maximum absolute atomic E-state index is 12.5. The van der Waals surface area contributed by atoms with Gasteiger partial charge in [-0.2, -0.15) is 5.26 Å². The zero-order chi connectivity index (χ0) is 17.9. The third-order valence-corrected chi connectivity index (χ3v) is 5.37. The van der Waals surface area contributed by atoms with E-state index in [4.69, 9.17) is 21.1 Å². The van der Waals surface area contributed by atoms with Gasteiger partial charge in [0.25, 0.3) is 0 Å². The molecular formula is C17H13ClN2O4S. The molecule has 0 fully saturated rings. The number of anilines is 1. The Morgan fingerprint density at radius 1 is 1.12 bits per heavy atom. The summed E-state index contributed by atoms with van der Waals surface area (Å²) in [4.78, 5) is -0.418. The number of allylic oxidation sites excluding steroid dienone is 1. The van der Waals surface area contributed by atoms with Gasteiger partial charge in [-0.05, 0) is 36.4 Å². The molecule has 2 aromatic rings. The van der Waals surface area contributed by atoms with Crippen molar-refractivity contribution >= 4 is 27.1 Å². The van der Waals surface area contributed by atoms with E-state index in [-0.39, 0.29) is 4.90 Å². The van der Waals surface area contributed by atoms with Crippen LogP contribution in [0.3, 0.4) is 0 Å². The molecule has 1 aliphatic heterocycles. The quantitative estimate of drug-likeness (QED) is 0.823. The average Bonchev–Trinajstić information content (AvgIpc) is 2.62. The van der Waals surface area contributed by atoms with Crippen molar-refractivity contribution in [2.45, 2.75) is 4.90 Å². The van der Waals surface area contributed by atoms with Crippen LogP contribution in [-0.4, -0.2) is 21.6 Å². The highest BCUT2D eigenvalue weighted by molar-refractivity contribution is 7.95. The number of benzene rings is 2. The first-order valence-electron chi connectivity index (χ1n) is 7.28. The fourth-order valence-corrected chi connectivity index (χ4v) is 3.40. The first-order valence-corrected chi connectivity index (χ1v) is 9.14. The molecule has 0 atom stereocenters. The molecule has 128 valence electrons. The lowest BCUT2D eigenvalue weighted by atomic mass is 10.2. The normalized spacial score (nSPS) is 13.8. The van der Waals surface area contributed by atoms with Crippen molar-refractivity contribution in [2.75, 3.05) is 18.5 Å². The summed E-state index contributed by atoms with van der Waals surface area (Å²) >= 11 is 5.77. The predicted octanol–water partition coefficient (Wildman–Crippen LogP) is 3.36. The number of nitrogens with zero attached hydrogens (tertiary/aromatic N) is 1. The van der Waals surface area contributed by atoms with E-state index in [1.165, 1.54) is 24.3 Å². The van der Waals surface area contributed by atoms with Crippen LogP contribution in [0.15, 0.2) is 58.5 Å². The fourth-order valence-electron chi connectivity index (χ4n) is 2.19. The first kappa shape index (κ1) is 17.1. The number of halogens is 1. The molecule has 0 saturated carbocycles. The van der Waals surface area contributed by atoms with E-state index in [1.54, 1.807) is 24.3 Å². The van der Waals surface area contributed by atoms with Gasteiger partial charge in [-0.3, -0.25) is 0 Å². The summed E-state index contributed by atoms with van der Waals surface area (Å²) in [5.41, 5.74) is 0.573. The van der Waals surface area contributed by atoms with Gasteiger partial charge >= 0.3 is 0 Å². The highest BCUT2D eigenvalue weighted by Crippen LogP contribution is 2.32. The molecule has 25 heavy (non-hydrogen) atoms. The number of nitriles is 1. The van der Waals surface area contributed by atoms with Gasteiger partial charge in [-0.1, -0.05) is 11.6 Å². The molecule has 0 bridgehead atoms. The van der Waals surface area contributed by atoms with Gasteiger partial charge in [0.1, 0.15) is 19.3 Å². The number of ether oxygens (including phenoxy) is 2. The summed E-state index contributed by atoms with van der Waals surface area (Å²) in [6.07, 6.45) is 1.15. The third kappa shape index (κ3) is 3.71. The Morgan fingerprint density at radius 3 is 2.48 bits per heavy atom. The predicted molar refractivity (Wildman–Crippen MR) is 93.4 cm³/mol. The van der Waals surface area contributed by atoms with Crippen molar-refractivity contribution in [1.82, 2.24) is 0 Å². The van der Waals surface area contributed by atoms with Crippen LogP contribution in [0, 0.1) is 11.3 Å². The molecule has 0 radical (unpaired) electrons. The van der Waals surface area contributed by atoms with E-state index in [9.17, 15) is 13.7 Å². The summed E-state index contributed by atoms with van der Waals surface area (Å²) < 4.78 is 35.9. The van der Waals surface area contributed by atoms with Crippen LogP contribution < -0.4 is 14.8 Å². The molecular weight excluding hydrogens is 364 g/mol. The fraction of sp³-hybridized carbons (Fsp3) is 0.118. The second kappa shape index (κ2) is 7.05. The minimum Gasteiger partial charge on any atom is -0.486 e. The molecule has 0 aliphatic carbocycles. The standard InChI is InChI=1S/C17H13ClN2O4S/c18-12-1-4-14(5-2-12)25(21,22)15(10-19)11-20-13-3-6-16-17(9-13)24-8-7-23-16/h1-6,9,11,20H,7-8H2. The molecule has 0 aromatic heterocycles. The average molecular weight is 377 g/mol. The highest BCUT2D eigenvalue weighted by Gasteiger charge is 2.21. The molecule has 1 aliphatic rings. The van der Waals surface area contributed by atoms with Crippen LogP contribution in [0.2, 0.25) is 5.02 Å². The largest absolute Gasteiger partial charge is 0.486 e. The van der Waals surface area contributed by atoms with E-state index in [0.29, 0.717) is 35.4 Å². The van der Waals surface area contributed by atoms with E-state index in [2.05, 4.69) is 5.32 Å². The van der Waals surface area contributed by atoms with Crippen molar-refractivity contribution in [3.63, 3.8) is 0 Å². The number of rotatable bonds is 4. The van der Waals surface area contributed by atoms with E-state index in [0.717, 1.165) is 6.20 Å². The van der Waals surface area contributed by atoms with Crippen molar-refractivity contribution in [3.8, 4) is 17.6 Å². The van der Waals surface area contributed by atoms with Crippen molar-refractivity contribution in [1.29, 1.82) is 5.26 Å². The Morgan fingerprint density at radius 2 is 1.80 bits per heavy atom. The first-order chi connectivity index (χ1) is 12.0. The molecule has 2 aromatic carbocycles. The maximum Gasteiger partial charge on any atom is 0.218 e. The Bertz CT molecular complexity index is 963. The van der Waals surface area contributed by atoms with Gasteiger partial charge in [0.15, 0.2) is 16.4 Å². The molecule has 0 saturated heterocycles. The van der Waals surface area contributed by atoms with Crippen molar-refractivity contribution in [3.05, 3.63) is 58.6 Å². The minimum atomic E-state index is -3.93. The zero-order valence-corrected chi connectivity index (χ0v) is 14.5. The molecule has 1 heterocycles. The lowest BCUT2D eigenvalue weighted by Gasteiger charge is -2.18.